The van der Waals surface area contributed by atoms with E-state index in [2.05, 4.69) is 4.99 Å². The van der Waals surface area contributed by atoms with Crippen molar-refractivity contribution in [3.05, 3.63) is 82.7 Å². The summed E-state index contributed by atoms with van der Waals surface area (Å²) >= 11 is 1.09. The van der Waals surface area contributed by atoms with Gasteiger partial charge in [-0.15, -0.1) is 0 Å². The second-order valence-corrected chi connectivity index (χ2v) is 8.82. The van der Waals surface area contributed by atoms with Crippen molar-refractivity contribution in [3.63, 3.8) is 0 Å². The largest absolute Gasteiger partial charge is 0.490 e. The molecule has 11 nitrogen and oxygen atoms in total. The van der Waals surface area contributed by atoms with Crippen LogP contribution in [0.25, 0.3) is 6.08 Å². The zero-order valence-corrected chi connectivity index (χ0v) is 21.5. The molecule has 194 valence electrons. The van der Waals surface area contributed by atoms with E-state index in [0.29, 0.717) is 40.8 Å². The molecule has 1 aromatic carbocycles. The first-order valence-electron chi connectivity index (χ1n) is 11.6. The molecule has 0 bridgehead atoms. The molecule has 0 radical (unpaired) electrons. The highest BCUT2D eigenvalue weighted by molar-refractivity contribution is 7.07. The molecule has 0 N–H and O–H groups in total. The van der Waals surface area contributed by atoms with Gasteiger partial charge in [0, 0.05) is 6.08 Å². The first-order chi connectivity index (χ1) is 17.8. The zero-order chi connectivity index (χ0) is 26.7. The predicted octanol–water partition coefficient (Wildman–Crippen LogP) is 3.10. The molecular weight excluding hydrogens is 502 g/mol. The van der Waals surface area contributed by atoms with Crippen molar-refractivity contribution in [3.8, 4) is 11.5 Å². The lowest BCUT2D eigenvalue weighted by atomic mass is 9.95. The van der Waals surface area contributed by atoms with E-state index in [4.69, 9.17) is 18.6 Å². The molecule has 1 atom stereocenters. The molecule has 4 rings (SSSR count). The van der Waals surface area contributed by atoms with Crippen LogP contribution in [0, 0.1) is 10.1 Å². The predicted molar refractivity (Wildman–Crippen MR) is 135 cm³/mol. The summed E-state index contributed by atoms with van der Waals surface area (Å²) in [5.41, 5.74) is 0.803. The molecule has 2 aromatic heterocycles. The van der Waals surface area contributed by atoms with Gasteiger partial charge in [-0.2, -0.15) is 0 Å². The van der Waals surface area contributed by atoms with Gasteiger partial charge in [-0.3, -0.25) is 19.5 Å². The van der Waals surface area contributed by atoms with Crippen LogP contribution in [0.1, 0.15) is 45.1 Å². The maximum Gasteiger partial charge on any atom is 0.433 e. The number of aromatic nitrogens is 1. The van der Waals surface area contributed by atoms with E-state index in [0.717, 1.165) is 11.3 Å². The molecule has 0 aliphatic carbocycles. The number of ether oxygens (including phenoxy) is 3. The summed E-state index contributed by atoms with van der Waals surface area (Å²) < 4.78 is 23.6. The standard InChI is InChI=1S/C25H25N3O8S/c1-5-33-17-10-8-15(12-18(17)34-6-2)22-21(24(30)35-7-3)14(4)26-25-27(22)23(29)19(37-25)13-16-9-11-20(36-16)28(31)32/h8-13,22H,5-7H2,1-4H3/b19-13-/t22-/m1/s1. The van der Waals surface area contributed by atoms with Gasteiger partial charge in [0.05, 0.1) is 47.7 Å². The van der Waals surface area contributed by atoms with Gasteiger partial charge in [-0.25, -0.2) is 9.79 Å². The Morgan fingerprint density at radius 1 is 1.16 bits per heavy atom. The van der Waals surface area contributed by atoms with Crippen molar-refractivity contribution >= 4 is 29.3 Å². The van der Waals surface area contributed by atoms with Crippen molar-refractivity contribution in [2.24, 2.45) is 4.99 Å². The third kappa shape index (κ3) is 5.05. The Bertz CT molecular complexity index is 1560. The number of rotatable bonds is 9. The first-order valence-corrected chi connectivity index (χ1v) is 12.4. The average Bonchev–Trinajstić information content (AvgIpc) is 3.44. The molecule has 0 saturated carbocycles. The Balaban J connectivity index is 1.93. The van der Waals surface area contributed by atoms with Crippen LogP contribution >= 0.6 is 11.3 Å². The molecule has 1 aliphatic rings. The minimum atomic E-state index is -0.849. The minimum Gasteiger partial charge on any atom is -0.490 e. The number of hydrogen-bond donors (Lipinski definition) is 0. The van der Waals surface area contributed by atoms with Crippen LogP contribution in [-0.2, 0) is 9.53 Å². The Kier molecular flexibility index (Phi) is 7.58. The fourth-order valence-electron chi connectivity index (χ4n) is 3.99. The van der Waals surface area contributed by atoms with Crippen LogP contribution in [0.2, 0.25) is 0 Å². The number of allylic oxidation sites excluding steroid dienone is 1. The SMILES string of the molecule is CCOC(=O)C1=C(C)N=c2s/c(=C\c3ccc([N+](=O)[O-])o3)c(=O)n2[C@@H]1c1ccc(OCC)c(OCC)c1. The highest BCUT2D eigenvalue weighted by Gasteiger charge is 2.34. The number of benzene rings is 1. The quantitative estimate of drug-likeness (QED) is 0.235. The van der Waals surface area contributed by atoms with Crippen LogP contribution in [0.15, 0.2) is 55.8 Å². The van der Waals surface area contributed by atoms with Crippen molar-refractivity contribution in [1.29, 1.82) is 0 Å². The van der Waals surface area contributed by atoms with Gasteiger partial charge in [0.15, 0.2) is 16.3 Å². The summed E-state index contributed by atoms with van der Waals surface area (Å²) in [6.07, 6.45) is 1.42. The number of hydrogen-bond acceptors (Lipinski definition) is 10. The number of nitrogens with zero attached hydrogens (tertiary/aromatic N) is 3. The number of fused-ring (bicyclic) bond motifs is 1. The monoisotopic (exact) mass is 527 g/mol. The van der Waals surface area contributed by atoms with Crippen LogP contribution in [0.4, 0.5) is 5.88 Å². The summed E-state index contributed by atoms with van der Waals surface area (Å²) in [7, 11) is 0. The molecule has 0 unspecified atom stereocenters. The topological polar surface area (TPSA) is 135 Å². The van der Waals surface area contributed by atoms with Gasteiger partial charge in [-0.05, 0) is 51.5 Å². The summed E-state index contributed by atoms with van der Waals surface area (Å²) in [6, 6.07) is 7.01. The molecule has 1 aliphatic heterocycles. The lowest BCUT2D eigenvalue weighted by molar-refractivity contribution is -0.402. The third-order valence-electron chi connectivity index (χ3n) is 5.47. The Hall–Kier alpha value is -4.19. The van der Waals surface area contributed by atoms with E-state index < -0.39 is 28.4 Å². The van der Waals surface area contributed by atoms with Gasteiger partial charge in [0.2, 0.25) is 0 Å². The van der Waals surface area contributed by atoms with E-state index in [1.165, 1.54) is 22.8 Å². The van der Waals surface area contributed by atoms with Gasteiger partial charge >= 0.3 is 11.9 Å². The zero-order valence-electron chi connectivity index (χ0n) is 20.7. The highest BCUT2D eigenvalue weighted by Crippen LogP contribution is 2.36. The van der Waals surface area contributed by atoms with E-state index in [1.54, 1.807) is 32.0 Å². The van der Waals surface area contributed by atoms with Gasteiger partial charge in [0.1, 0.15) is 10.7 Å². The molecule has 0 fully saturated rings. The molecule has 3 aromatic rings. The fraction of sp³-hybridized carbons (Fsp3) is 0.320. The van der Waals surface area contributed by atoms with Gasteiger partial charge < -0.3 is 18.6 Å². The number of esters is 1. The lowest BCUT2D eigenvalue weighted by Gasteiger charge is -2.25. The van der Waals surface area contributed by atoms with E-state index in [9.17, 15) is 19.7 Å². The van der Waals surface area contributed by atoms with Crippen LogP contribution < -0.4 is 24.4 Å². The Morgan fingerprint density at radius 2 is 1.89 bits per heavy atom. The molecule has 3 heterocycles. The van der Waals surface area contributed by atoms with Crippen molar-refractivity contribution in [2.45, 2.75) is 33.7 Å². The number of carbonyl (C=O) groups is 1. The summed E-state index contributed by atoms with van der Waals surface area (Å²) in [4.78, 5) is 41.9. The highest BCUT2D eigenvalue weighted by atomic mass is 32.1. The normalized spacial score (nSPS) is 15.2. The number of nitro groups is 1. The van der Waals surface area contributed by atoms with Crippen molar-refractivity contribution < 1.29 is 28.3 Å². The maximum atomic E-state index is 13.6. The van der Waals surface area contributed by atoms with Gasteiger partial charge in [0.25, 0.3) is 5.56 Å². The lowest BCUT2D eigenvalue weighted by Crippen LogP contribution is -2.40. The molecule has 12 heteroatoms. The molecule has 37 heavy (non-hydrogen) atoms. The molecule has 0 amide bonds. The van der Waals surface area contributed by atoms with Crippen LogP contribution in [0.3, 0.4) is 0 Å². The van der Waals surface area contributed by atoms with E-state index >= 15 is 0 Å². The third-order valence-corrected chi connectivity index (χ3v) is 6.45. The summed E-state index contributed by atoms with van der Waals surface area (Å²) in [5, 5.41) is 11.0. The Morgan fingerprint density at radius 3 is 2.54 bits per heavy atom. The van der Waals surface area contributed by atoms with Crippen LogP contribution in [-0.4, -0.2) is 35.3 Å². The number of thiazole rings is 1. The maximum absolute atomic E-state index is 13.6. The first kappa shape index (κ1) is 25.9. The van der Waals surface area contributed by atoms with Crippen molar-refractivity contribution in [1.82, 2.24) is 4.57 Å². The second kappa shape index (κ2) is 10.8. The second-order valence-electron chi connectivity index (χ2n) is 7.81. The van der Waals surface area contributed by atoms with Crippen molar-refractivity contribution in [2.75, 3.05) is 19.8 Å². The fourth-order valence-corrected chi connectivity index (χ4v) is 5.02. The molecule has 0 saturated heterocycles. The number of carbonyl (C=O) groups excluding carboxylic acids is 1. The van der Waals surface area contributed by atoms with E-state index in [-0.39, 0.29) is 22.5 Å². The number of furan rings is 1. The smallest absolute Gasteiger partial charge is 0.433 e. The average molecular weight is 528 g/mol. The van der Waals surface area contributed by atoms with Gasteiger partial charge in [-0.1, -0.05) is 17.4 Å². The molecular formula is C25H25N3O8S. The Labute approximate surface area is 215 Å². The van der Waals surface area contributed by atoms with Crippen LogP contribution in [0.5, 0.6) is 11.5 Å². The molecule has 0 spiro atoms. The summed E-state index contributed by atoms with van der Waals surface area (Å²) in [6.45, 7) is 8.07. The van der Waals surface area contributed by atoms with E-state index in [1.807, 2.05) is 13.8 Å². The minimum absolute atomic E-state index is 0.148. The summed E-state index contributed by atoms with van der Waals surface area (Å²) in [5.74, 6) is 0.143.